The van der Waals surface area contributed by atoms with Gasteiger partial charge in [0.1, 0.15) is 0 Å². The lowest BCUT2D eigenvalue weighted by molar-refractivity contribution is 0.177. The number of pyridine rings is 1. The van der Waals surface area contributed by atoms with Crippen LogP contribution in [0.5, 0.6) is 0 Å². The van der Waals surface area contributed by atoms with Crippen molar-refractivity contribution in [3.05, 3.63) is 28.8 Å². The highest BCUT2D eigenvalue weighted by Gasteiger charge is 2.13. The first-order valence-corrected chi connectivity index (χ1v) is 3.89. The van der Waals surface area contributed by atoms with Crippen LogP contribution >= 0.6 is 11.6 Å². The van der Waals surface area contributed by atoms with E-state index in [9.17, 15) is 9.50 Å². The molecule has 68 valence electrons. The van der Waals surface area contributed by atoms with Crippen molar-refractivity contribution in [1.29, 1.82) is 5.26 Å². The van der Waals surface area contributed by atoms with Gasteiger partial charge < -0.3 is 5.11 Å². The zero-order valence-corrected chi connectivity index (χ0v) is 7.29. The standard InChI is InChI=1S/C8H6ClFN2O/c9-5-3-6(7(13)1-2-11)8(10)12-4-5/h3-4,7,13H,1H2. The molecule has 1 aromatic heterocycles. The lowest BCUT2D eigenvalue weighted by Crippen LogP contribution is -2.01. The van der Waals surface area contributed by atoms with Gasteiger partial charge >= 0.3 is 0 Å². The molecular weight excluding hydrogens is 195 g/mol. The Kier molecular flexibility index (Phi) is 3.18. The van der Waals surface area contributed by atoms with Gasteiger partial charge in [-0.1, -0.05) is 11.6 Å². The second-order valence-corrected chi connectivity index (χ2v) is 2.85. The summed E-state index contributed by atoms with van der Waals surface area (Å²) >= 11 is 5.54. The molecule has 0 bridgehead atoms. The maximum Gasteiger partial charge on any atom is 0.218 e. The number of nitrogens with zero attached hydrogens (tertiary/aromatic N) is 2. The Labute approximate surface area is 79.4 Å². The van der Waals surface area contributed by atoms with Gasteiger partial charge in [-0.2, -0.15) is 9.65 Å². The molecule has 5 heteroatoms. The van der Waals surface area contributed by atoms with Crippen molar-refractivity contribution in [1.82, 2.24) is 4.98 Å². The SMILES string of the molecule is N#CCC(O)c1cc(Cl)cnc1F. The second-order valence-electron chi connectivity index (χ2n) is 2.41. The molecule has 1 atom stereocenters. The molecule has 0 fully saturated rings. The van der Waals surface area contributed by atoms with Crippen molar-refractivity contribution in [2.24, 2.45) is 0 Å². The molecule has 0 spiro atoms. The number of halogens is 2. The highest BCUT2D eigenvalue weighted by atomic mass is 35.5. The van der Waals surface area contributed by atoms with Crippen LogP contribution in [0.4, 0.5) is 4.39 Å². The van der Waals surface area contributed by atoms with Gasteiger partial charge in [0.2, 0.25) is 5.95 Å². The molecule has 1 aromatic rings. The zero-order chi connectivity index (χ0) is 9.84. The molecular formula is C8H6ClFN2O. The predicted molar refractivity (Wildman–Crippen MR) is 44.4 cm³/mol. The van der Waals surface area contributed by atoms with Crippen LogP contribution in [-0.2, 0) is 0 Å². The summed E-state index contributed by atoms with van der Waals surface area (Å²) in [5, 5.41) is 17.8. The molecule has 0 aliphatic heterocycles. The number of aromatic nitrogens is 1. The fraction of sp³-hybridized carbons (Fsp3) is 0.250. The lowest BCUT2D eigenvalue weighted by atomic mass is 10.1. The van der Waals surface area contributed by atoms with E-state index in [0.29, 0.717) is 0 Å². The molecule has 1 N–H and O–H groups in total. The fourth-order valence-electron chi connectivity index (χ4n) is 0.868. The third kappa shape index (κ3) is 2.38. The molecule has 3 nitrogen and oxygen atoms in total. The molecule has 1 rings (SSSR count). The topological polar surface area (TPSA) is 56.9 Å². The molecule has 1 heterocycles. The summed E-state index contributed by atoms with van der Waals surface area (Å²) in [5.74, 6) is -0.799. The Morgan fingerprint density at radius 3 is 3.08 bits per heavy atom. The van der Waals surface area contributed by atoms with E-state index in [-0.39, 0.29) is 17.0 Å². The van der Waals surface area contributed by atoms with Gasteiger partial charge in [0.25, 0.3) is 0 Å². The normalized spacial score (nSPS) is 12.2. The maximum atomic E-state index is 12.9. The number of hydrogen-bond acceptors (Lipinski definition) is 3. The summed E-state index contributed by atoms with van der Waals surface area (Å²) in [6, 6.07) is 2.98. The first-order chi connectivity index (χ1) is 6.15. The molecule has 0 saturated heterocycles. The van der Waals surface area contributed by atoms with E-state index in [4.69, 9.17) is 16.9 Å². The Hall–Kier alpha value is -1.18. The number of aliphatic hydroxyl groups is 1. The van der Waals surface area contributed by atoms with Crippen molar-refractivity contribution < 1.29 is 9.50 Å². The summed E-state index contributed by atoms with van der Waals surface area (Å²) in [6.45, 7) is 0. The Morgan fingerprint density at radius 2 is 2.46 bits per heavy atom. The first-order valence-electron chi connectivity index (χ1n) is 3.51. The second kappa shape index (κ2) is 4.17. The van der Waals surface area contributed by atoms with Gasteiger partial charge in [-0.25, -0.2) is 4.98 Å². The van der Waals surface area contributed by atoms with Gasteiger partial charge in [-0.15, -0.1) is 0 Å². The van der Waals surface area contributed by atoms with Crippen LogP contribution in [0.1, 0.15) is 18.1 Å². The van der Waals surface area contributed by atoms with E-state index < -0.39 is 12.1 Å². The van der Waals surface area contributed by atoms with Crippen molar-refractivity contribution >= 4 is 11.6 Å². The van der Waals surface area contributed by atoms with Crippen molar-refractivity contribution in [2.75, 3.05) is 0 Å². The average Bonchev–Trinajstić information content (AvgIpc) is 2.09. The minimum atomic E-state index is -1.17. The molecule has 1 unspecified atom stereocenters. The predicted octanol–water partition coefficient (Wildman–Crippen LogP) is 1.82. The van der Waals surface area contributed by atoms with E-state index in [2.05, 4.69) is 4.98 Å². The van der Waals surface area contributed by atoms with E-state index in [0.717, 1.165) is 6.20 Å². The zero-order valence-electron chi connectivity index (χ0n) is 6.54. The number of rotatable bonds is 2. The van der Waals surface area contributed by atoms with Crippen LogP contribution in [0.3, 0.4) is 0 Å². The summed E-state index contributed by atoms with van der Waals surface area (Å²) < 4.78 is 12.9. The highest BCUT2D eigenvalue weighted by molar-refractivity contribution is 6.30. The van der Waals surface area contributed by atoms with Crippen LogP contribution in [-0.4, -0.2) is 10.1 Å². The van der Waals surface area contributed by atoms with Crippen LogP contribution in [0.25, 0.3) is 0 Å². The van der Waals surface area contributed by atoms with Crippen LogP contribution in [0, 0.1) is 17.3 Å². The minimum Gasteiger partial charge on any atom is -0.387 e. The van der Waals surface area contributed by atoms with E-state index in [1.54, 1.807) is 6.07 Å². The lowest BCUT2D eigenvalue weighted by Gasteiger charge is -2.06. The molecule has 0 aromatic carbocycles. The first kappa shape index (κ1) is 9.90. The third-order valence-corrected chi connectivity index (χ3v) is 1.68. The van der Waals surface area contributed by atoms with Gasteiger partial charge in [-0.05, 0) is 6.07 Å². The Bertz CT molecular complexity index is 350. The van der Waals surface area contributed by atoms with Crippen molar-refractivity contribution in [2.45, 2.75) is 12.5 Å². The van der Waals surface area contributed by atoms with E-state index >= 15 is 0 Å². The Balaban J connectivity index is 3.00. The summed E-state index contributed by atoms with van der Waals surface area (Å²) in [7, 11) is 0. The maximum absolute atomic E-state index is 12.9. The molecule has 0 aliphatic rings. The van der Waals surface area contributed by atoms with Crippen LogP contribution in [0.2, 0.25) is 5.02 Å². The molecule has 0 radical (unpaired) electrons. The summed E-state index contributed by atoms with van der Waals surface area (Å²) in [5.41, 5.74) is -0.0472. The number of nitriles is 1. The number of aliphatic hydroxyl groups excluding tert-OH is 1. The monoisotopic (exact) mass is 200 g/mol. The summed E-state index contributed by atoms with van der Waals surface area (Å²) in [4.78, 5) is 3.31. The van der Waals surface area contributed by atoms with Gasteiger partial charge in [0.05, 0.1) is 23.6 Å². The van der Waals surface area contributed by atoms with E-state index in [1.165, 1.54) is 6.07 Å². The quantitative estimate of drug-likeness (QED) is 0.741. The molecule has 0 saturated carbocycles. The summed E-state index contributed by atoms with van der Waals surface area (Å²) in [6.07, 6.45) is -0.213. The van der Waals surface area contributed by atoms with E-state index in [1.807, 2.05) is 0 Å². The highest BCUT2D eigenvalue weighted by Crippen LogP contribution is 2.21. The Morgan fingerprint density at radius 1 is 1.77 bits per heavy atom. The molecule has 0 amide bonds. The minimum absolute atomic E-state index is 0.0472. The van der Waals surface area contributed by atoms with Gasteiger partial charge in [0, 0.05) is 11.8 Å². The van der Waals surface area contributed by atoms with Crippen LogP contribution < -0.4 is 0 Å². The van der Waals surface area contributed by atoms with Crippen molar-refractivity contribution in [3.8, 4) is 6.07 Å². The smallest absolute Gasteiger partial charge is 0.218 e. The van der Waals surface area contributed by atoms with Crippen LogP contribution in [0.15, 0.2) is 12.3 Å². The fourth-order valence-corrected chi connectivity index (χ4v) is 1.03. The van der Waals surface area contributed by atoms with Gasteiger partial charge in [0.15, 0.2) is 0 Å². The largest absolute Gasteiger partial charge is 0.387 e. The van der Waals surface area contributed by atoms with Gasteiger partial charge in [-0.3, -0.25) is 0 Å². The van der Waals surface area contributed by atoms with Crippen molar-refractivity contribution in [3.63, 3.8) is 0 Å². The third-order valence-electron chi connectivity index (χ3n) is 1.48. The molecule has 0 aliphatic carbocycles. The number of hydrogen-bond donors (Lipinski definition) is 1. The average molecular weight is 201 g/mol. The molecule has 13 heavy (non-hydrogen) atoms.